The summed E-state index contributed by atoms with van der Waals surface area (Å²) in [4.78, 5) is 27.0. The molecule has 2 aliphatic heterocycles. The number of aliphatic hydroxyl groups excluding tert-OH is 1. The highest BCUT2D eigenvalue weighted by atomic mass is 16.3. The van der Waals surface area contributed by atoms with Crippen LogP contribution in [0.1, 0.15) is 49.3 Å². The minimum Gasteiger partial charge on any atom is -0.393 e. The molecule has 5 rings (SSSR count). The molecule has 1 fully saturated rings. The van der Waals surface area contributed by atoms with Crippen molar-refractivity contribution < 1.29 is 14.7 Å². The van der Waals surface area contributed by atoms with E-state index in [1.807, 2.05) is 42.2 Å². The van der Waals surface area contributed by atoms with Gasteiger partial charge in [0.15, 0.2) is 0 Å². The second-order valence-corrected chi connectivity index (χ2v) is 9.52. The van der Waals surface area contributed by atoms with Gasteiger partial charge in [-0.1, -0.05) is 42.5 Å². The maximum Gasteiger partial charge on any atom is 0.238 e. The zero-order valence-corrected chi connectivity index (χ0v) is 19.6. The monoisotopic (exact) mass is 449 g/mol. The Bertz CT molecular complexity index is 1000. The molecule has 176 valence electrons. The third kappa shape index (κ3) is 4.82. The molecule has 2 amide bonds. The molecule has 0 spiro atoms. The predicted molar refractivity (Wildman–Crippen MR) is 130 cm³/mol. The lowest BCUT2D eigenvalue weighted by Crippen LogP contribution is -2.49. The molecule has 3 N–H and O–H groups in total. The zero-order valence-electron chi connectivity index (χ0n) is 19.6. The van der Waals surface area contributed by atoms with Crippen molar-refractivity contribution in [2.75, 3.05) is 25.0 Å². The maximum atomic E-state index is 13.2. The molecule has 6 heteroatoms. The number of nitrogens with zero attached hydrogens (tertiary/aromatic N) is 1. The number of para-hydroxylation sites is 1. The number of hydrogen-bond donors (Lipinski definition) is 3. The van der Waals surface area contributed by atoms with Gasteiger partial charge in [0.1, 0.15) is 0 Å². The number of fused-ring (bicyclic) bond motifs is 2. The molecule has 6 nitrogen and oxygen atoms in total. The fraction of sp³-hybridized carbons (Fsp3) is 0.481. The summed E-state index contributed by atoms with van der Waals surface area (Å²) in [6, 6.07) is 16.5. The van der Waals surface area contributed by atoms with Crippen molar-refractivity contribution in [2.45, 2.75) is 63.0 Å². The Morgan fingerprint density at radius 3 is 2.48 bits per heavy atom. The van der Waals surface area contributed by atoms with Crippen molar-refractivity contribution in [3.8, 4) is 0 Å². The molecule has 3 aliphatic rings. The summed E-state index contributed by atoms with van der Waals surface area (Å²) in [7, 11) is 1.61. The van der Waals surface area contributed by atoms with Crippen LogP contribution < -0.4 is 15.5 Å². The molecule has 1 unspecified atom stereocenters. The molecule has 0 saturated carbocycles. The van der Waals surface area contributed by atoms with Crippen LogP contribution in [-0.4, -0.2) is 49.2 Å². The number of carbonyl (C=O) groups is 2. The molecular formula is C27H35N3O3. The van der Waals surface area contributed by atoms with Crippen LogP contribution in [0.3, 0.4) is 0 Å². The van der Waals surface area contributed by atoms with E-state index in [-0.39, 0.29) is 30.4 Å². The van der Waals surface area contributed by atoms with E-state index in [0.29, 0.717) is 0 Å². The summed E-state index contributed by atoms with van der Waals surface area (Å²) in [6.07, 6.45) is 4.81. The summed E-state index contributed by atoms with van der Waals surface area (Å²) in [5.41, 5.74) is 3.93. The van der Waals surface area contributed by atoms with E-state index in [4.69, 9.17) is 0 Å². The van der Waals surface area contributed by atoms with Gasteiger partial charge in [0.05, 0.1) is 11.5 Å². The number of amides is 2. The van der Waals surface area contributed by atoms with Gasteiger partial charge in [-0.05, 0) is 74.9 Å². The lowest BCUT2D eigenvalue weighted by molar-refractivity contribution is -0.129. The van der Waals surface area contributed by atoms with Crippen LogP contribution in [0.15, 0.2) is 48.5 Å². The average molecular weight is 450 g/mol. The number of aliphatic hydroxyl groups is 1. The number of rotatable bonds is 3. The first kappa shape index (κ1) is 23.5. The summed E-state index contributed by atoms with van der Waals surface area (Å²) in [6.45, 7) is 3.76. The predicted octanol–water partition coefficient (Wildman–Crippen LogP) is 2.72. The summed E-state index contributed by atoms with van der Waals surface area (Å²) in [5.74, 6) is -0.0398. The van der Waals surface area contributed by atoms with Gasteiger partial charge in [-0.3, -0.25) is 9.59 Å². The number of aryl methyl sites for hydroxylation is 1. The second-order valence-electron chi connectivity index (χ2n) is 9.52. The Morgan fingerprint density at radius 2 is 1.76 bits per heavy atom. The first-order valence-corrected chi connectivity index (χ1v) is 12.0. The number of carbonyl (C=O) groups excluding carboxylic acids is 2. The first-order valence-electron chi connectivity index (χ1n) is 12.0. The van der Waals surface area contributed by atoms with Crippen molar-refractivity contribution in [3.05, 3.63) is 65.2 Å². The SMILES string of the molecule is CNC(=O)C[C@@]1(C)C(=O)N(C2CCNCC2)c2ccccc21.OC1CCc2ccccc2C1. The second kappa shape index (κ2) is 10.1. The lowest BCUT2D eigenvalue weighted by atomic mass is 9.80. The molecule has 0 bridgehead atoms. The van der Waals surface area contributed by atoms with Crippen molar-refractivity contribution in [1.29, 1.82) is 0 Å². The van der Waals surface area contributed by atoms with Crippen LogP contribution in [0.2, 0.25) is 0 Å². The Balaban J connectivity index is 0.000000196. The summed E-state index contributed by atoms with van der Waals surface area (Å²) < 4.78 is 0. The number of benzene rings is 2. The standard InChI is InChI=1S/C17H23N3O2.C10H12O/c1-17(11-15(21)18-2)13-5-3-4-6-14(13)20(16(17)22)12-7-9-19-10-8-12;11-10-6-5-8-3-1-2-4-9(8)7-10/h3-6,12,19H,7-11H2,1-2H3,(H,18,21);1-4,10-11H,5-7H2/t17-;/m1./s1. The van der Waals surface area contributed by atoms with Crippen LogP contribution in [0.5, 0.6) is 0 Å². The van der Waals surface area contributed by atoms with Crippen LogP contribution in [0.4, 0.5) is 5.69 Å². The topological polar surface area (TPSA) is 81.7 Å². The van der Waals surface area contributed by atoms with E-state index in [1.165, 1.54) is 11.1 Å². The summed E-state index contributed by atoms with van der Waals surface area (Å²) >= 11 is 0. The molecule has 2 atom stereocenters. The van der Waals surface area contributed by atoms with Crippen LogP contribution >= 0.6 is 0 Å². The van der Waals surface area contributed by atoms with Gasteiger partial charge in [0.2, 0.25) is 11.8 Å². The van der Waals surface area contributed by atoms with Crippen LogP contribution in [0, 0.1) is 0 Å². The van der Waals surface area contributed by atoms with E-state index >= 15 is 0 Å². The smallest absolute Gasteiger partial charge is 0.238 e. The van der Waals surface area contributed by atoms with Crippen molar-refractivity contribution in [2.24, 2.45) is 0 Å². The highest BCUT2D eigenvalue weighted by Crippen LogP contribution is 2.45. The Morgan fingerprint density at radius 1 is 1.09 bits per heavy atom. The van der Waals surface area contributed by atoms with Gasteiger partial charge in [0, 0.05) is 25.2 Å². The highest BCUT2D eigenvalue weighted by Gasteiger charge is 2.50. The Hall–Kier alpha value is -2.70. The van der Waals surface area contributed by atoms with Gasteiger partial charge >= 0.3 is 0 Å². The Kier molecular flexibility index (Phi) is 7.15. The van der Waals surface area contributed by atoms with Crippen molar-refractivity contribution >= 4 is 17.5 Å². The number of anilines is 1. The van der Waals surface area contributed by atoms with Gasteiger partial charge in [-0.25, -0.2) is 0 Å². The maximum absolute atomic E-state index is 13.2. The molecule has 2 aromatic rings. The minimum atomic E-state index is -0.762. The number of hydrogen-bond acceptors (Lipinski definition) is 4. The largest absolute Gasteiger partial charge is 0.393 e. The molecule has 1 aliphatic carbocycles. The first-order chi connectivity index (χ1) is 15.9. The number of piperidine rings is 1. The molecule has 2 heterocycles. The van der Waals surface area contributed by atoms with Crippen molar-refractivity contribution in [3.63, 3.8) is 0 Å². The van der Waals surface area contributed by atoms with Gasteiger partial charge < -0.3 is 20.6 Å². The number of nitrogens with one attached hydrogen (secondary N) is 2. The molecule has 0 radical (unpaired) electrons. The third-order valence-electron chi connectivity index (χ3n) is 7.24. The van der Waals surface area contributed by atoms with E-state index in [2.05, 4.69) is 28.8 Å². The molecular weight excluding hydrogens is 414 g/mol. The van der Waals surface area contributed by atoms with Crippen LogP contribution in [0.25, 0.3) is 0 Å². The molecule has 33 heavy (non-hydrogen) atoms. The lowest BCUT2D eigenvalue weighted by Gasteiger charge is -2.33. The van der Waals surface area contributed by atoms with E-state index in [9.17, 15) is 14.7 Å². The molecule has 2 aromatic carbocycles. The molecule has 1 saturated heterocycles. The normalized spacial score (nSPS) is 24.4. The molecule has 0 aromatic heterocycles. The fourth-order valence-electron chi connectivity index (χ4n) is 5.33. The fourth-order valence-corrected chi connectivity index (χ4v) is 5.33. The van der Waals surface area contributed by atoms with E-state index in [0.717, 1.165) is 56.4 Å². The highest BCUT2D eigenvalue weighted by molar-refractivity contribution is 6.10. The van der Waals surface area contributed by atoms with Gasteiger partial charge in [-0.2, -0.15) is 0 Å². The minimum absolute atomic E-state index is 0.0594. The average Bonchev–Trinajstić information content (AvgIpc) is 3.06. The third-order valence-corrected chi connectivity index (χ3v) is 7.24. The van der Waals surface area contributed by atoms with Crippen molar-refractivity contribution in [1.82, 2.24) is 10.6 Å². The van der Waals surface area contributed by atoms with Gasteiger partial charge in [0.25, 0.3) is 0 Å². The summed E-state index contributed by atoms with van der Waals surface area (Å²) in [5, 5.41) is 15.3. The zero-order chi connectivity index (χ0) is 23.4. The quantitative estimate of drug-likeness (QED) is 0.673. The Labute approximate surface area is 196 Å². The van der Waals surface area contributed by atoms with Gasteiger partial charge in [-0.15, -0.1) is 0 Å². The van der Waals surface area contributed by atoms with Crippen LogP contribution in [-0.2, 0) is 27.8 Å². The van der Waals surface area contributed by atoms with E-state index < -0.39 is 5.41 Å². The van der Waals surface area contributed by atoms with E-state index in [1.54, 1.807) is 7.05 Å².